The molecule has 316 valence electrons. The minimum Gasteiger partial charge on any atom is -0.456 e. The Morgan fingerprint density at radius 1 is 0.343 bits per heavy atom. The molecule has 0 bridgehead atoms. The molecule has 12 aromatic rings. The van der Waals surface area contributed by atoms with Gasteiger partial charge in [0, 0.05) is 33.1 Å². The number of furan rings is 1. The number of fused-ring (bicyclic) bond motifs is 8. The summed E-state index contributed by atoms with van der Waals surface area (Å²) in [5, 5.41) is 7.11. The molecule has 0 amide bonds. The fraction of sp³-hybridized carbons (Fsp3) is 0.0462. The lowest BCUT2D eigenvalue weighted by Gasteiger charge is -2.29. The highest BCUT2D eigenvalue weighted by Crippen LogP contribution is 2.53. The largest absolute Gasteiger partial charge is 0.456 e. The maximum absolute atomic E-state index is 6.61. The van der Waals surface area contributed by atoms with Crippen molar-refractivity contribution in [3.63, 3.8) is 0 Å². The van der Waals surface area contributed by atoms with E-state index in [0.29, 0.717) is 0 Å². The molecule has 2 heteroatoms. The Labute approximate surface area is 390 Å². The normalized spacial score (nSPS) is 12.7. The number of rotatable bonds is 7. The summed E-state index contributed by atoms with van der Waals surface area (Å²) in [5.41, 5.74) is 19.9. The van der Waals surface area contributed by atoms with Gasteiger partial charge >= 0.3 is 0 Å². The number of hydrogen-bond acceptors (Lipinski definition) is 2. The lowest BCUT2D eigenvalue weighted by molar-refractivity contribution is 0.662. The molecule has 13 rings (SSSR count). The second kappa shape index (κ2) is 15.3. The summed E-state index contributed by atoms with van der Waals surface area (Å²) < 4.78 is 6.61. The molecule has 1 aromatic heterocycles. The van der Waals surface area contributed by atoms with Gasteiger partial charge in [-0.3, -0.25) is 0 Å². The van der Waals surface area contributed by atoms with Crippen LogP contribution < -0.4 is 4.90 Å². The van der Waals surface area contributed by atoms with Gasteiger partial charge in [0.2, 0.25) is 0 Å². The van der Waals surface area contributed by atoms with Gasteiger partial charge in [-0.05, 0) is 137 Å². The summed E-state index contributed by atoms with van der Waals surface area (Å²) in [4.78, 5) is 2.42. The van der Waals surface area contributed by atoms with Crippen LogP contribution in [0, 0.1) is 0 Å². The van der Waals surface area contributed by atoms with Gasteiger partial charge < -0.3 is 9.32 Å². The Balaban J connectivity index is 0.953. The Morgan fingerprint density at radius 2 is 0.910 bits per heavy atom. The summed E-state index contributed by atoms with van der Waals surface area (Å²) >= 11 is 0. The highest BCUT2D eigenvalue weighted by molar-refractivity contribution is 6.16. The fourth-order valence-electron chi connectivity index (χ4n) is 11.1. The van der Waals surface area contributed by atoms with E-state index < -0.39 is 0 Å². The average molecular weight is 856 g/mol. The number of hydrogen-bond donors (Lipinski definition) is 0. The van der Waals surface area contributed by atoms with Gasteiger partial charge in [-0.1, -0.05) is 196 Å². The van der Waals surface area contributed by atoms with Crippen molar-refractivity contribution < 1.29 is 4.42 Å². The summed E-state index contributed by atoms with van der Waals surface area (Å²) in [6.07, 6.45) is 0. The molecule has 1 aliphatic rings. The third-order valence-corrected chi connectivity index (χ3v) is 14.2. The smallest absolute Gasteiger partial charge is 0.136 e. The zero-order valence-corrected chi connectivity index (χ0v) is 37.4. The van der Waals surface area contributed by atoms with E-state index in [1.54, 1.807) is 0 Å². The topological polar surface area (TPSA) is 16.4 Å². The van der Waals surface area contributed by atoms with Crippen LogP contribution in [0.1, 0.15) is 25.0 Å². The van der Waals surface area contributed by atoms with Crippen LogP contribution in [0.4, 0.5) is 17.1 Å². The molecule has 0 saturated carbocycles. The molecule has 0 radical (unpaired) electrons. The standard InChI is InChI=1S/C65H45NO/c1-65(2)59-28-9-7-22-54(59)57-27-13-25-53(64(57)65)44-33-37-50(38-34-44)66(49-35-31-42(32-36-49)45-19-11-20-48(39-45)52-24-12-18-43-15-5-6-21-51(43)52)60-29-10-8-23-55(60)56-26-14-30-61-63(56)58-40-46-16-3-4-17-47(46)41-62(58)67-61/h3-41H,1-2H3. The average Bonchev–Trinajstić information content (AvgIpc) is 3.87. The van der Waals surface area contributed by atoms with E-state index in [2.05, 4.69) is 255 Å². The number of para-hydroxylation sites is 1. The Kier molecular flexibility index (Phi) is 8.91. The monoisotopic (exact) mass is 855 g/mol. The molecule has 0 unspecified atom stereocenters. The van der Waals surface area contributed by atoms with Crippen molar-refractivity contribution in [2.24, 2.45) is 0 Å². The van der Waals surface area contributed by atoms with Gasteiger partial charge in [0.25, 0.3) is 0 Å². The van der Waals surface area contributed by atoms with E-state index >= 15 is 0 Å². The molecule has 0 N–H and O–H groups in total. The van der Waals surface area contributed by atoms with E-state index in [-0.39, 0.29) is 5.41 Å². The first-order valence-electron chi connectivity index (χ1n) is 23.2. The molecule has 0 atom stereocenters. The van der Waals surface area contributed by atoms with Gasteiger partial charge in [0.05, 0.1) is 5.69 Å². The molecular formula is C65H45NO. The van der Waals surface area contributed by atoms with Crippen LogP contribution in [0.15, 0.2) is 241 Å². The van der Waals surface area contributed by atoms with Crippen molar-refractivity contribution in [1.82, 2.24) is 0 Å². The predicted octanol–water partition coefficient (Wildman–Crippen LogP) is 18.3. The van der Waals surface area contributed by atoms with Crippen LogP contribution in [-0.2, 0) is 5.41 Å². The molecule has 0 fully saturated rings. The zero-order valence-electron chi connectivity index (χ0n) is 37.4. The van der Waals surface area contributed by atoms with Gasteiger partial charge in [0.1, 0.15) is 11.2 Å². The maximum Gasteiger partial charge on any atom is 0.136 e. The van der Waals surface area contributed by atoms with E-state index in [4.69, 9.17) is 4.42 Å². The number of benzene rings is 11. The van der Waals surface area contributed by atoms with Crippen LogP contribution in [0.2, 0.25) is 0 Å². The van der Waals surface area contributed by atoms with Gasteiger partial charge in [-0.25, -0.2) is 0 Å². The molecule has 0 aliphatic heterocycles. The minimum atomic E-state index is -0.118. The second-order valence-corrected chi connectivity index (χ2v) is 18.4. The van der Waals surface area contributed by atoms with E-state index in [1.165, 1.54) is 71.6 Å². The fourth-order valence-corrected chi connectivity index (χ4v) is 11.1. The third kappa shape index (κ3) is 6.32. The predicted molar refractivity (Wildman–Crippen MR) is 283 cm³/mol. The minimum absolute atomic E-state index is 0.118. The SMILES string of the molecule is CC1(C)c2ccccc2-c2cccc(-c3ccc(N(c4ccc(-c5cccc(-c6cccc7ccccc67)c5)cc4)c4ccccc4-c4cccc5oc6cc7ccccc7cc6c45)cc3)c21. The van der Waals surface area contributed by atoms with Crippen LogP contribution >= 0.6 is 0 Å². The molecule has 2 nitrogen and oxygen atoms in total. The molecule has 0 saturated heterocycles. The number of nitrogens with zero attached hydrogens (tertiary/aromatic N) is 1. The van der Waals surface area contributed by atoms with Crippen LogP contribution in [0.5, 0.6) is 0 Å². The van der Waals surface area contributed by atoms with Gasteiger partial charge in [-0.2, -0.15) is 0 Å². The maximum atomic E-state index is 6.61. The summed E-state index contributed by atoms with van der Waals surface area (Å²) in [6.45, 7) is 4.73. The molecular weight excluding hydrogens is 811 g/mol. The molecule has 1 aliphatic carbocycles. The second-order valence-electron chi connectivity index (χ2n) is 18.4. The van der Waals surface area contributed by atoms with Crippen LogP contribution in [0.3, 0.4) is 0 Å². The summed E-state index contributed by atoms with van der Waals surface area (Å²) in [7, 11) is 0. The molecule has 0 spiro atoms. The summed E-state index contributed by atoms with van der Waals surface area (Å²) in [5.74, 6) is 0. The van der Waals surface area contributed by atoms with Crippen LogP contribution in [-0.4, -0.2) is 0 Å². The van der Waals surface area contributed by atoms with E-state index in [1.807, 2.05) is 0 Å². The van der Waals surface area contributed by atoms with E-state index in [9.17, 15) is 0 Å². The first-order chi connectivity index (χ1) is 33.0. The molecule has 1 heterocycles. The Morgan fingerprint density at radius 3 is 1.73 bits per heavy atom. The lowest BCUT2D eigenvalue weighted by Crippen LogP contribution is -2.16. The van der Waals surface area contributed by atoms with Gasteiger partial charge in [-0.15, -0.1) is 0 Å². The quantitative estimate of drug-likeness (QED) is 0.159. The third-order valence-electron chi connectivity index (χ3n) is 14.2. The molecule has 11 aromatic carbocycles. The first-order valence-corrected chi connectivity index (χ1v) is 23.2. The van der Waals surface area contributed by atoms with Crippen molar-refractivity contribution in [2.75, 3.05) is 4.90 Å². The lowest BCUT2D eigenvalue weighted by atomic mass is 9.79. The highest BCUT2D eigenvalue weighted by atomic mass is 16.3. The van der Waals surface area contributed by atoms with E-state index in [0.717, 1.165) is 55.7 Å². The van der Waals surface area contributed by atoms with Crippen molar-refractivity contribution in [1.29, 1.82) is 0 Å². The van der Waals surface area contributed by atoms with Crippen molar-refractivity contribution in [3.05, 3.63) is 248 Å². The first kappa shape index (κ1) is 39.0. The highest BCUT2D eigenvalue weighted by Gasteiger charge is 2.37. The Bertz CT molecular complexity index is 3890. The van der Waals surface area contributed by atoms with Crippen molar-refractivity contribution >= 4 is 60.5 Å². The zero-order chi connectivity index (χ0) is 44.6. The van der Waals surface area contributed by atoms with Gasteiger partial charge in [0.15, 0.2) is 0 Å². The van der Waals surface area contributed by atoms with Crippen molar-refractivity contribution in [2.45, 2.75) is 19.3 Å². The van der Waals surface area contributed by atoms with Crippen LogP contribution in [0.25, 0.3) is 99.1 Å². The molecule has 67 heavy (non-hydrogen) atoms. The van der Waals surface area contributed by atoms with Crippen molar-refractivity contribution in [3.8, 4) is 55.6 Å². The number of anilines is 3. The Hall–Kier alpha value is -8.46. The summed E-state index contributed by atoms with van der Waals surface area (Å²) in [6, 6.07) is 86.4.